The van der Waals surface area contributed by atoms with Crippen LogP contribution in [0.15, 0.2) is 11.2 Å². The van der Waals surface area contributed by atoms with E-state index in [4.69, 9.17) is 16.3 Å². The van der Waals surface area contributed by atoms with Gasteiger partial charge in [0.1, 0.15) is 5.15 Å². The fraction of sp³-hybridized carbons (Fsp3) is 0.500. The van der Waals surface area contributed by atoms with Crippen LogP contribution in [0.4, 0.5) is 0 Å². The van der Waals surface area contributed by atoms with E-state index in [1.165, 1.54) is 13.2 Å². The number of hydrogen-bond donors (Lipinski definition) is 0. The van der Waals surface area contributed by atoms with Crippen LogP contribution in [-0.2, 0) is 19.4 Å². The van der Waals surface area contributed by atoms with E-state index in [-0.39, 0.29) is 11.0 Å². The fourth-order valence-electron chi connectivity index (χ4n) is 1.44. The Balaban J connectivity index is 2.32. The molecule has 2 rings (SSSR count). The van der Waals surface area contributed by atoms with Crippen molar-refractivity contribution in [1.82, 2.24) is 9.97 Å². The van der Waals surface area contributed by atoms with Gasteiger partial charge in [-0.15, -0.1) is 0 Å². The van der Waals surface area contributed by atoms with Gasteiger partial charge >= 0.3 is 5.97 Å². The van der Waals surface area contributed by atoms with Crippen LogP contribution in [-0.4, -0.2) is 43.3 Å². The maximum absolute atomic E-state index is 11.5. The molecule has 1 saturated carbocycles. The normalized spacial score (nSPS) is 16.8. The number of carbonyl (C=O) groups excluding carboxylic acids is 1. The zero-order chi connectivity index (χ0) is 14.3. The molecule has 1 aliphatic rings. The maximum atomic E-state index is 11.5. The number of sulfone groups is 1. The summed E-state index contributed by atoms with van der Waals surface area (Å²) in [5.41, 5.74) is -1.08. The second kappa shape index (κ2) is 4.61. The van der Waals surface area contributed by atoms with Crippen LogP contribution in [0.1, 0.15) is 12.8 Å². The van der Waals surface area contributed by atoms with Gasteiger partial charge in [-0.1, -0.05) is 11.6 Å². The van der Waals surface area contributed by atoms with Gasteiger partial charge in [-0.3, -0.25) is 0 Å². The van der Waals surface area contributed by atoms with Crippen molar-refractivity contribution >= 4 is 27.4 Å². The summed E-state index contributed by atoms with van der Waals surface area (Å²) in [5.74, 6) is -0.591. The lowest BCUT2D eigenvalue weighted by Crippen LogP contribution is -2.31. The Hall–Kier alpha value is -1.41. The number of carbonyl (C=O) groups is 1. The van der Waals surface area contributed by atoms with Gasteiger partial charge in [0.05, 0.1) is 7.11 Å². The molecule has 0 unspecified atom stereocenters. The van der Waals surface area contributed by atoms with Crippen LogP contribution >= 0.6 is 11.6 Å². The van der Waals surface area contributed by atoms with E-state index in [0.29, 0.717) is 12.8 Å². The second-order valence-electron chi connectivity index (χ2n) is 4.17. The summed E-state index contributed by atoms with van der Waals surface area (Å²) in [6, 6.07) is 1.25. The van der Waals surface area contributed by atoms with E-state index in [1.54, 1.807) is 0 Å². The summed E-state index contributed by atoms with van der Waals surface area (Å²) < 4.78 is 32.8. The Labute approximate surface area is 114 Å². The predicted octanol–water partition coefficient (Wildman–Crippen LogP) is 0.618. The molecule has 0 amide bonds. The number of ether oxygens (including phenoxy) is 2. The molecule has 0 saturated heterocycles. The van der Waals surface area contributed by atoms with Gasteiger partial charge in [0, 0.05) is 25.2 Å². The van der Waals surface area contributed by atoms with Gasteiger partial charge in [-0.2, -0.15) is 4.98 Å². The molecule has 1 fully saturated rings. The minimum Gasteiger partial charge on any atom is -0.466 e. The van der Waals surface area contributed by atoms with E-state index in [9.17, 15) is 13.2 Å². The Kier molecular flexibility index (Phi) is 3.40. The standard InChI is InChI=1S/C10H11ClN2O5S/c1-17-8(14)10(3-4-10)18-7-5-6(11)12-9(13-7)19(2,15)16/h5H,3-4H2,1-2H3. The highest BCUT2D eigenvalue weighted by atomic mass is 35.5. The van der Waals surface area contributed by atoms with Crippen LogP contribution in [0.5, 0.6) is 5.88 Å². The molecule has 1 heterocycles. The summed E-state index contributed by atoms with van der Waals surface area (Å²) >= 11 is 5.71. The molecule has 1 aromatic heterocycles. The van der Waals surface area contributed by atoms with Crippen molar-refractivity contribution < 1.29 is 22.7 Å². The predicted molar refractivity (Wildman–Crippen MR) is 64.8 cm³/mol. The number of hydrogen-bond acceptors (Lipinski definition) is 7. The van der Waals surface area contributed by atoms with E-state index in [2.05, 4.69) is 14.7 Å². The van der Waals surface area contributed by atoms with E-state index in [1.807, 2.05) is 0 Å². The third kappa shape index (κ3) is 2.95. The number of rotatable bonds is 4. The molecule has 19 heavy (non-hydrogen) atoms. The minimum atomic E-state index is -3.61. The lowest BCUT2D eigenvalue weighted by molar-refractivity contribution is -0.151. The first-order valence-electron chi connectivity index (χ1n) is 5.29. The fourth-order valence-corrected chi connectivity index (χ4v) is 2.19. The molecule has 0 bridgehead atoms. The van der Waals surface area contributed by atoms with Crippen LogP contribution < -0.4 is 4.74 Å². The highest BCUT2D eigenvalue weighted by Crippen LogP contribution is 2.41. The third-order valence-corrected chi connectivity index (χ3v) is 3.58. The Morgan fingerprint density at radius 3 is 2.53 bits per heavy atom. The second-order valence-corrected chi connectivity index (χ2v) is 6.47. The SMILES string of the molecule is COC(=O)C1(Oc2cc(Cl)nc(S(C)(=O)=O)n2)CC1. The Morgan fingerprint density at radius 2 is 2.05 bits per heavy atom. The lowest BCUT2D eigenvalue weighted by Gasteiger charge is -2.14. The van der Waals surface area contributed by atoms with Gasteiger partial charge in [0.25, 0.3) is 5.16 Å². The van der Waals surface area contributed by atoms with Crippen molar-refractivity contribution in [1.29, 1.82) is 0 Å². The molecule has 0 aromatic carbocycles. The van der Waals surface area contributed by atoms with Gasteiger partial charge in [-0.05, 0) is 0 Å². The van der Waals surface area contributed by atoms with Crippen molar-refractivity contribution in [2.45, 2.75) is 23.6 Å². The molecule has 0 radical (unpaired) electrons. The maximum Gasteiger partial charge on any atom is 0.350 e. The third-order valence-electron chi connectivity index (χ3n) is 2.54. The minimum absolute atomic E-state index is 0.0664. The van der Waals surface area contributed by atoms with Crippen LogP contribution in [0.25, 0.3) is 0 Å². The topological polar surface area (TPSA) is 95.5 Å². The largest absolute Gasteiger partial charge is 0.466 e. The molecule has 9 heteroatoms. The lowest BCUT2D eigenvalue weighted by atomic mass is 10.3. The van der Waals surface area contributed by atoms with Crippen molar-refractivity contribution in [3.8, 4) is 5.88 Å². The van der Waals surface area contributed by atoms with E-state index in [0.717, 1.165) is 6.26 Å². The summed E-state index contributed by atoms with van der Waals surface area (Å²) in [4.78, 5) is 18.8. The quantitative estimate of drug-likeness (QED) is 0.457. The highest BCUT2D eigenvalue weighted by Gasteiger charge is 2.54. The molecule has 0 aliphatic heterocycles. The Bertz CT molecular complexity index is 627. The van der Waals surface area contributed by atoms with Gasteiger partial charge in [-0.25, -0.2) is 18.2 Å². The van der Waals surface area contributed by atoms with Gasteiger partial charge < -0.3 is 9.47 Å². The summed E-state index contributed by atoms with van der Waals surface area (Å²) in [6.07, 6.45) is 1.92. The number of esters is 1. The first-order valence-corrected chi connectivity index (χ1v) is 7.56. The van der Waals surface area contributed by atoms with Crippen LogP contribution in [0.3, 0.4) is 0 Å². The van der Waals surface area contributed by atoms with Crippen LogP contribution in [0.2, 0.25) is 5.15 Å². The molecular weight excluding hydrogens is 296 g/mol. The van der Waals surface area contributed by atoms with Gasteiger partial charge in [0.2, 0.25) is 21.3 Å². The van der Waals surface area contributed by atoms with Gasteiger partial charge in [0.15, 0.2) is 0 Å². The monoisotopic (exact) mass is 306 g/mol. The summed E-state index contributed by atoms with van der Waals surface area (Å²) in [7, 11) is -2.36. The van der Waals surface area contributed by atoms with Crippen LogP contribution in [0, 0.1) is 0 Å². The number of halogens is 1. The zero-order valence-corrected chi connectivity index (χ0v) is 11.8. The molecule has 7 nitrogen and oxygen atoms in total. The average molecular weight is 307 g/mol. The molecule has 0 atom stereocenters. The molecule has 0 spiro atoms. The highest BCUT2D eigenvalue weighted by molar-refractivity contribution is 7.90. The summed E-state index contributed by atoms with van der Waals surface area (Å²) in [5, 5.41) is -0.526. The molecule has 104 valence electrons. The van der Waals surface area contributed by atoms with Crippen molar-refractivity contribution in [2.24, 2.45) is 0 Å². The van der Waals surface area contributed by atoms with E-state index >= 15 is 0 Å². The number of aromatic nitrogens is 2. The average Bonchev–Trinajstić information content (AvgIpc) is 3.07. The first-order chi connectivity index (χ1) is 8.77. The molecule has 1 aromatic rings. The number of nitrogens with zero attached hydrogens (tertiary/aromatic N) is 2. The zero-order valence-electron chi connectivity index (χ0n) is 10.2. The van der Waals surface area contributed by atoms with Crippen molar-refractivity contribution in [3.63, 3.8) is 0 Å². The Morgan fingerprint density at radius 1 is 1.42 bits per heavy atom. The first kappa shape index (κ1) is 14.0. The smallest absolute Gasteiger partial charge is 0.350 e. The molecule has 0 N–H and O–H groups in total. The summed E-state index contributed by atoms with van der Waals surface area (Å²) in [6.45, 7) is 0. The van der Waals surface area contributed by atoms with E-state index < -0.39 is 26.6 Å². The molecular formula is C10H11ClN2O5S. The molecule has 1 aliphatic carbocycles. The van der Waals surface area contributed by atoms with Crippen molar-refractivity contribution in [3.05, 3.63) is 11.2 Å². The van der Waals surface area contributed by atoms with Crippen molar-refractivity contribution in [2.75, 3.05) is 13.4 Å². The number of methoxy groups -OCH3 is 1.